The minimum Gasteiger partial charge on any atom is -0.491 e. The van der Waals surface area contributed by atoms with Crippen LogP contribution in [0, 0.1) is 5.92 Å². The number of hydrogen-bond donors (Lipinski definition) is 2. The highest BCUT2D eigenvalue weighted by molar-refractivity contribution is 5.76. The van der Waals surface area contributed by atoms with Crippen LogP contribution in [0.3, 0.4) is 0 Å². The quantitative estimate of drug-likeness (QED) is 0.720. The van der Waals surface area contributed by atoms with Crippen molar-refractivity contribution in [3.05, 3.63) is 29.8 Å². The second-order valence-corrected chi connectivity index (χ2v) is 7.32. The van der Waals surface area contributed by atoms with E-state index in [-0.39, 0.29) is 12.5 Å². The Morgan fingerprint density at radius 2 is 1.88 bits per heavy atom. The van der Waals surface area contributed by atoms with Gasteiger partial charge in [0.25, 0.3) is 0 Å². The molecule has 1 saturated carbocycles. The molecule has 5 heteroatoms. The first kappa shape index (κ1) is 18.2. The van der Waals surface area contributed by atoms with Gasteiger partial charge in [0.05, 0.1) is 6.61 Å². The van der Waals surface area contributed by atoms with E-state index in [1.54, 1.807) is 0 Å². The highest BCUT2D eigenvalue weighted by Crippen LogP contribution is 2.24. The topological polar surface area (TPSA) is 61.8 Å². The van der Waals surface area contributed by atoms with Gasteiger partial charge in [-0.1, -0.05) is 12.1 Å². The average molecular weight is 346 g/mol. The molecule has 2 N–H and O–H groups in total. The molecule has 1 aromatic rings. The van der Waals surface area contributed by atoms with Crippen LogP contribution >= 0.6 is 0 Å². The van der Waals surface area contributed by atoms with E-state index in [2.05, 4.69) is 22.3 Å². The first-order valence-electron chi connectivity index (χ1n) is 9.57. The highest BCUT2D eigenvalue weighted by Gasteiger charge is 2.24. The summed E-state index contributed by atoms with van der Waals surface area (Å²) in [5, 5.41) is 11.9. The molecule has 3 rings (SSSR count). The molecule has 0 spiro atoms. The van der Waals surface area contributed by atoms with Crippen LogP contribution in [0.5, 0.6) is 5.75 Å². The van der Waals surface area contributed by atoms with Crippen LogP contribution in [0.2, 0.25) is 0 Å². The molecule has 138 valence electrons. The third kappa shape index (κ3) is 6.33. The number of piperidine rings is 1. The summed E-state index contributed by atoms with van der Waals surface area (Å²) >= 11 is 0. The first-order valence-corrected chi connectivity index (χ1v) is 9.57. The Kier molecular flexibility index (Phi) is 6.70. The highest BCUT2D eigenvalue weighted by atomic mass is 16.5. The van der Waals surface area contributed by atoms with Crippen molar-refractivity contribution in [2.75, 3.05) is 26.3 Å². The SMILES string of the molecule is O=C(CCC1CCN(Cc2ccc(OCCO)cc2)CC1)NC1CC1. The normalized spacial score (nSPS) is 18.9. The lowest BCUT2D eigenvalue weighted by Gasteiger charge is -2.32. The maximum atomic E-state index is 11.8. The summed E-state index contributed by atoms with van der Waals surface area (Å²) in [5.74, 6) is 1.74. The molecule has 1 amide bonds. The summed E-state index contributed by atoms with van der Waals surface area (Å²) in [6.07, 6.45) is 6.43. The number of nitrogens with zero attached hydrogens (tertiary/aromatic N) is 1. The van der Waals surface area contributed by atoms with Crippen LogP contribution in [0.15, 0.2) is 24.3 Å². The van der Waals surface area contributed by atoms with Crippen molar-refractivity contribution in [3.63, 3.8) is 0 Å². The molecule has 0 unspecified atom stereocenters. The van der Waals surface area contributed by atoms with E-state index in [1.807, 2.05) is 12.1 Å². The third-order valence-electron chi connectivity index (χ3n) is 5.12. The smallest absolute Gasteiger partial charge is 0.220 e. The summed E-state index contributed by atoms with van der Waals surface area (Å²) in [7, 11) is 0. The molecular weight excluding hydrogens is 316 g/mol. The first-order chi connectivity index (χ1) is 12.2. The number of carbonyl (C=O) groups is 1. The van der Waals surface area contributed by atoms with Gasteiger partial charge in [-0.25, -0.2) is 0 Å². The minimum absolute atomic E-state index is 0.0406. The van der Waals surface area contributed by atoms with Gasteiger partial charge < -0.3 is 15.2 Å². The van der Waals surface area contributed by atoms with Crippen LogP contribution in [0.1, 0.15) is 44.1 Å². The number of aliphatic hydroxyl groups is 1. The molecule has 1 aliphatic carbocycles. The molecule has 1 heterocycles. The summed E-state index contributed by atoms with van der Waals surface area (Å²) in [6, 6.07) is 8.61. The number of rotatable bonds is 9. The molecule has 0 bridgehead atoms. The van der Waals surface area contributed by atoms with Crippen molar-refractivity contribution < 1.29 is 14.6 Å². The molecule has 2 fully saturated rings. The van der Waals surface area contributed by atoms with Crippen molar-refractivity contribution in [1.29, 1.82) is 0 Å². The van der Waals surface area contributed by atoms with Crippen molar-refractivity contribution in [2.24, 2.45) is 5.92 Å². The van der Waals surface area contributed by atoms with Crippen molar-refractivity contribution >= 4 is 5.91 Å². The van der Waals surface area contributed by atoms with E-state index in [1.165, 1.54) is 31.2 Å². The molecule has 25 heavy (non-hydrogen) atoms. The van der Waals surface area contributed by atoms with E-state index in [0.29, 0.717) is 25.0 Å². The second kappa shape index (κ2) is 9.20. The fourth-order valence-corrected chi connectivity index (χ4v) is 3.41. The molecule has 1 aromatic carbocycles. The van der Waals surface area contributed by atoms with Gasteiger partial charge in [-0.15, -0.1) is 0 Å². The van der Waals surface area contributed by atoms with Gasteiger partial charge in [0.2, 0.25) is 5.91 Å². The Hall–Kier alpha value is -1.59. The molecule has 2 aliphatic rings. The molecule has 1 saturated heterocycles. The van der Waals surface area contributed by atoms with E-state index < -0.39 is 0 Å². The Bertz CT molecular complexity index is 534. The van der Waals surface area contributed by atoms with Crippen molar-refractivity contribution in [1.82, 2.24) is 10.2 Å². The zero-order valence-electron chi connectivity index (χ0n) is 15.0. The molecule has 1 aliphatic heterocycles. The van der Waals surface area contributed by atoms with Crippen LogP contribution < -0.4 is 10.1 Å². The molecule has 5 nitrogen and oxygen atoms in total. The fraction of sp³-hybridized carbons (Fsp3) is 0.650. The number of likely N-dealkylation sites (tertiary alicyclic amines) is 1. The minimum atomic E-state index is 0.0406. The molecule has 0 aromatic heterocycles. The van der Waals surface area contributed by atoms with E-state index in [0.717, 1.165) is 31.8 Å². The Balaban J connectivity index is 1.33. The van der Waals surface area contributed by atoms with Gasteiger partial charge in [-0.2, -0.15) is 0 Å². The number of amides is 1. The number of benzene rings is 1. The summed E-state index contributed by atoms with van der Waals surface area (Å²) < 4.78 is 5.39. The molecule has 0 radical (unpaired) electrons. The predicted molar refractivity (Wildman–Crippen MR) is 97.4 cm³/mol. The third-order valence-corrected chi connectivity index (χ3v) is 5.12. The van der Waals surface area contributed by atoms with Crippen LogP contribution in [-0.2, 0) is 11.3 Å². The number of hydrogen-bond acceptors (Lipinski definition) is 4. The predicted octanol–water partition coefficient (Wildman–Crippen LogP) is 2.33. The Morgan fingerprint density at radius 1 is 1.16 bits per heavy atom. The van der Waals surface area contributed by atoms with Crippen LogP contribution in [0.4, 0.5) is 0 Å². The van der Waals surface area contributed by atoms with E-state index in [9.17, 15) is 4.79 Å². The van der Waals surface area contributed by atoms with Gasteiger partial charge in [0.1, 0.15) is 12.4 Å². The second-order valence-electron chi connectivity index (χ2n) is 7.32. The van der Waals surface area contributed by atoms with E-state index >= 15 is 0 Å². The largest absolute Gasteiger partial charge is 0.491 e. The van der Waals surface area contributed by atoms with Gasteiger partial charge in [-0.05, 0) is 68.8 Å². The summed E-state index contributed by atoms with van der Waals surface area (Å²) in [4.78, 5) is 14.3. The lowest BCUT2D eigenvalue weighted by Crippen LogP contribution is -2.34. The van der Waals surface area contributed by atoms with Crippen molar-refractivity contribution in [2.45, 2.75) is 51.1 Å². The van der Waals surface area contributed by atoms with Gasteiger partial charge in [0, 0.05) is 19.0 Å². The molecular formula is C20H30N2O3. The summed E-state index contributed by atoms with van der Waals surface area (Å²) in [6.45, 7) is 3.56. The number of aliphatic hydroxyl groups excluding tert-OH is 1. The standard InChI is InChI=1S/C20H30N2O3/c23-13-14-25-19-6-1-17(2-7-19)15-22-11-9-16(10-12-22)3-8-20(24)21-18-4-5-18/h1-2,6-7,16,18,23H,3-5,8-15H2,(H,21,24). The maximum absolute atomic E-state index is 11.8. The van der Waals surface area contributed by atoms with E-state index in [4.69, 9.17) is 9.84 Å². The lowest BCUT2D eigenvalue weighted by molar-refractivity contribution is -0.121. The average Bonchev–Trinajstić information content (AvgIpc) is 3.44. The van der Waals surface area contributed by atoms with Gasteiger partial charge in [-0.3, -0.25) is 9.69 Å². The van der Waals surface area contributed by atoms with Gasteiger partial charge in [0.15, 0.2) is 0 Å². The number of ether oxygens (including phenoxy) is 1. The zero-order chi connectivity index (χ0) is 17.5. The van der Waals surface area contributed by atoms with Crippen LogP contribution in [-0.4, -0.2) is 48.3 Å². The zero-order valence-corrected chi connectivity index (χ0v) is 15.0. The monoisotopic (exact) mass is 346 g/mol. The summed E-state index contributed by atoms with van der Waals surface area (Å²) in [5.41, 5.74) is 1.29. The molecule has 0 atom stereocenters. The maximum Gasteiger partial charge on any atom is 0.220 e. The number of carbonyl (C=O) groups excluding carboxylic acids is 1. The Labute approximate surface area is 150 Å². The Morgan fingerprint density at radius 3 is 2.52 bits per heavy atom. The number of nitrogens with one attached hydrogen (secondary N) is 1. The van der Waals surface area contributed by atoms with Crippen molar-refractivity contribution in [3.8, 4) is 5.75 Å². The fourth-order valence-electron chi connectivity index (χ4n) is 3.41. The lowest BCUT2D eigenvalue weighted by atomic mass is 9.92. The van der Waals surface area contributed by atoms with Crippen LogP contribution in [0.25, 0.3) is 0 Å². The van der Waals surface area contributed by atoms with Gasteiger partial charge >= 0.3 is 0 Å².